The van der Waals surface area contributed by atoms with E-state index in [1.165, 1.54) is 0 Å². The SMILES string of the molecule is Cc1cc(C#N)ccc1OCC1CCCO1. The molecule has 0 aliphatic carbocycles. The van der Waals surface area contributed by atoms with Crippen LogP contribution in [-0.2, 0) is 4.74 Å². The maximum absolute atomic E-state index is 8.74. The quantitative estimate of drug-likeness (QED) is 0.780. The number of hydrogen-bond donors (Lipinski definition) is 0. The van der Waals surface area contributed by atoms with Crippen LogP contribution in [0.5, 0.6) is 5.75 Å². The van der Waals surface area contributed by atoms with Crippen LogP contribution in [0.25, 0.3) is 0 Å². The van der Waals surface area contributed by atoms with E-state index in [1.807, 2.05) is 19.1 Å². The van der Waals surface area contributed by atoms with Crippen molar-refractivity contribution in [2.24, 2.45) is 0 Å². The smallest absolute Gasteiger partial charge is 0.122 e. The van der Waals surface area contributed by atoms with Crippen molar-refractivity contribution >= 4 is 0 Å². The van der Waals surface area contributed by atoms with E-state index in [-0.39, 0.29) is 6.10 Å². The third kappa shape index (κ3) is 2.53. The number of rotatable bonds is 3. The van der Waals surface area contributed by atoms with Crippen LogP contribution in [-0.4, -0.2) is 19.3 Å². The van der Waals surface area contributed by atoms with Gasteiger partial charge >= 0.3 is 0 Å². The summed E-state index contributed by atoms with van der Waals surface area (Å²) in [5.41, 5.74) is 1.67. The lowest BCUT2D eigenvalue weighted by molar-refractivity contribution is 0.0677. The molecule has 1 saturated heterocycles. The highest BCUT2D eigenvalue weighted by Gasteiger charge is 2.16. The first-order valence-electron chi connectivity index (χ1n) is 5.55. The molecular weight excluding hydrogens is 202 g/mol. The molecule has 1 heterocycles. The fourth-order valence-electron chi connectivity index (χ4n) is 1.84. The highest BCUT2D eigenvalue weighted by atomic mass is 16.5. The van der Waals surface area contributed by atoms with Gasteiger partial charge in [0.1, 0.15) is 12.4 Å². The molecule has 1 aromatic rings. The normalized spacial score (nSPS) is 19.4. The van der Waals surface area contributed by atoms with Crippen molar-refractivity contribution in [3.05, 3.63) is 29.3 Å². The van der Waals surface area contributed by atoms with Crippen LogP contribution in [0.1, 0.15) is 24.0 Å². The van der Waals surface area contributed by atoms with Gasteiger partial charge in [0.2, 0.25) is 0 Å². The number of nitrogens with zero attached hydrogens (tertiary/aromatic N) is 1. The van der Waals surface area contributed by atoms with Crippen molar-refractivity contribution < 1.29 is 9.47 Å². The molecule has 2 rings (SSSR count). The third-order valence-electron chi connectivity index (χ3n) is 2.75. The highest BCUT2D eigenvalue weighted by Crippen LogP contribution is 2.20. The van der Waals surface area contributed by atoms with Crippen LogP contribution < -0.4 is 4.74 Å². The lowest BCUT2D eigenvalue weighted by Crippen LogP contribution is -2.16. The second-order valence-corrected chi connectivity index (χ2v) is 4.04. The Morgan fingerprint density at radius 1 is 1.56 bits per heavy atom. The first-order chi connectivity index (χ1) is 7.79. The predicted molar refractivity (Wildman–Crippen MR) is 60.4 cm³/mol. The zero-order valence-electron chi connectivity index (χ0n) is 9.40. The topological polar surface area (TPSA) is 42.2 Å². The minimum atomic E-state index is 0.232. The Morgan fingerprint density at radius 3 is 3.06 bits per heavy atom. The first-order valence-corrected chi connectivity index (χ1v) is 5.55. The standard InChI is InChI=1S/C13H15NO2/c1-10-7-11(8-14)4-5-13(10)16-9-12-3-2-6-15-12/h4-5,7,12H,2-3,6,9H2,1H3. The number of benzene rings is 1. The maximum Gasteiger partial charge on any atom is 0.122 e. The Morgan fingerprint density at radius 2 is 2.44 bits per heavy atom. The molecule has 1 aromatic carbocycles. The number of hydrogen-bond acceptors (Lipinski definition) is 3. The van der Waals surface area contributed by atoms with Gasteiger partial charge in [-0.3, -0.25) is 0 Å². The molecule has 0 spiro atoms. The Hall–Kier alpha value is -1.53. The third-order valence-corrected chi connectivity index (χ3v) is 2.75. The van der Waals surface area contributed by atoms with E-state index in [2.05, 4.69) is 6.07 Å². The summed E-state index contributed by atoms with van der Waals surface area (Å²) in [7, 11) is 0. The van der Waals surface area contributed by atoms with E-state index >= 15 is 0 Å². The van der Waals surface area contributed by atoms with Gasteiger partial charge in [0.05, 0.1) is 17.7 Å². The largest absolute Gasteiger partial charge is 0.491 e. The Labute approximate surface area is 95.6 Å². The summed E-state index contributed by atoms with van der Waals surface area (Å²) < 4.78 is 11.2. The molecule has 0 saturated carbocycles. The van der Waals surface area contributed by atoms with E-state index < -0.39 is 0 Å². The molecule has 1 aliphatic rings. The summed E-state index contributed by atoms with van der Waals surface area (Å²) in [6.07, 6.45) is 2.44. The zero-order chi connectivity index (χ0) is 11.4. The fourth-order valence-corrected chi connectivity index (χ4v) is 1.84. The molecule has 0 radical (unpaired) electrons. The van der Waals surface area contributed by atoms with Crippen LogP contribution in [0.3, 0.4) is 0 Å². The van der Waals surface area contributed by atoms with Gasteiger partial charge in [0.25, 0.3) is 0 Å². The predicted octanol–water partition coefficient (Wildman–Crippen LogP) is 2.42. The van der Waals surface area contributed by atoms with Gasteiger partial charge in [-0.2, -0.15) is 5.26 Å². The van der Waals surface area contributed by atoms with Crippen molar-refractivity contribution in [2.75, 3.05) is 13.2 Å². The van der Waals surface area contributed by atoms with Crippen LogP contribution >= 0.6 is 0 Å². The summed E-state index contributed by atoms with van der Waals surface area (Å²) >= 11 is 0. The van der Waals surface area contributed by atoms with E-state index in [4.69, 9.17) is 14.7 Å². The van der Waals surface area contributed by atoms with Gasteiger partial charge in [-0.05, 0) is 43.5 Å². The number of ether oxygens (including phenoxy) is 2. The minimum Gasteiger partial charge on any atom is -0.491 e. The van der Waals surface area contributed by atoms with E-state index in [9.17, 15) is 0 Å². The van der Waals surface area contributed by atoms with Crippen LogP contribution in [0.15, 0.2) is 18.2 Å². The second-order valence-electron chi connectivity index (χ2n) is 4.04. The maximum atomic E-state index is 8.74. The number of aryl methyl sites for hydroxylation is 1. The fraction of sp³-hybridized carbons (Fsp3) is 0.462. The molecule has 0 bridgehead atoms. The summed E-state index contributed by atoms with van der Waals surface area (Å²) in [6, 6.07) is 7.58. The Bertz CT molecular complexity index is 403. The lowest BCUT2D eigenvalue weighted by atomic mass is 10.1. The minimum absolute atomic E-state index is 0.232. The monoisotopic (exact) mass is 217 g/mol. The second kappa shape index (κ2) is 5.00. The van der Waals surface area contributed by atoms with E-state index in [1.54, 1.807) is 6.07 Å². The summed E-state index contributed by atoms with van der Waals surface area (Å²) in [5, 5.41) is 8.74. The molecular formula is C13H15NO2. The van der Waals surface area contributed by atoms with Crippen molar-refractivity contribution in [3.63, 3.8) is 0 Å². The molecule has 0 amide bonds. The van der Waals surface area contributed by atoms with Crippen molar-refractivity contribution in [1.29, 1.82) is 5.26 Å². The van der Waals surface area contributed by atoms with Gasteiger partial charge in [0.15, 0.2) is 0 Å². The van der Waals surface area contributed by atoms with E-state index in [0.29, 0.717) is 12.2 Å². The van der Waals surface area contributed by atoms with Crippen molar-refractivity contribution in [2.45, 2.75) is 25.9 Å². The molecule has 1 unspecified atom stereocenters. The number of nitriles is 1. The Balaban J connectivity index is 1.96. The van der Waals surface area contributed by atoms with Gasteiger partial charge in [0, 0.05) is 6.61 Å². The van der Waals surface area contributed by atoms with Gasteiger partial charge in [-0.15, -0.1) is 0 Å². The molecule has 1 aliphatic heterocycles. The molecule has 1 atom stereocenters. The van der Waals surface area contributed by atoms with Crippen LogP contribution in [0.4, 0.5) is 0 Å². The Kier molecular flexibility index (Phi) is 3.43. The van der Waals surface area contributed by atoms with Gasteiger partial charge in [-0.1, -0.05) is 0 Å². The summed E-state index contributed by atoms with van der Waals surface area (Å²) in [5.74, 6) is 0.842. The highest BCUT2D eigenvalue weighted by molar-refractivity contribution is 5.41. The average molecular weight is 217 g/mol. The van der Waals surface area contributed by atoms with Crippen molar-refractivity contribution in [1.82, 2.24) is 0 Å². The van der Waals surface area contributed by atoms with E-state index in [0.717, 1.165) is 30.8 Å². The molecule has 1 fully saturated rings. The first kappa shape index (κ1) is 11.0. The van der Waals surface area contributed by atoms with Gasteiger partial charge in [-0.25, -0.2) is 0 Å². The molecule has 0 aromatic heterocycles. The van der Waals surface area contributed by atoms with Crippen LogP contribution in [0, 0.1) is 18.3 Å². The molecule has 3 nitrogen and oxygen atoms in total. The molecule has 84 valence electrons. The molecule has 3 heteroatoms. The summed E-state index contributed by atoms with van der Waals surface area (Å²) in [4.78, 5) is 0. The summed E-state index contributed by atoms with van der Waals surface area (Å²) in [6.45, 7) is 3.40. The zero-order valence-corrected chi connectivity index (χ0v) is 9.40. The lowest BCUT2D eigenvalue weighted by Gasteiger charge is -2.13. The van der Waals surface area contributed by atoms with Gasteiger partial charge < -0.3 is 9.47 Å². The molecule has 0 N–H and O–H groups in total. The molecule has 16 heavy (non-hydrogen) atoms. The van der Waals surface area contributed by atoms with Crippen molar-refractivity contribution in [3.8, 4) is 11.8 Å². The average Bonchev–Trinajstić information content (AvgIpc) is 2.80. The van der Waals surface area contributed by atoms with Crippen LogP contribution in [0.2, 0.25) is 0 Å².